The Morgan fingerprint density at radius 3 is 2.71 bits per heavy atom. The summed E-state index contributed by atoms with van der Waals surface area (Å²) in [5.41, 5.74) is -0.716. The molecular weight excluding hydrogens is 309 g/mol. The van der Waals surface area contributed by atoms with Gasteiger partial charge in [0.1, 0.15) is 11.0 Å². The summed E-state index contributed by atoms with van der Waals surface area (Å²) < 4.78 is 1.35. The first-order valence-corrected chi connectivity index (χ1v) is 6.09. The lowest BCUT2D eigenvalue weighted by Crippen LogP contribution is -2.43. The number of nitrogens with zero attached hydrogens (tertiary/aromatic N) is 2. The largest absolute Gasteiger partial charge is 0.350 e. The number of hydrogen-bond acceptors (Lipinski definition) is 3. The van der Waals surface area contributed by atoms with E-state index in [0.717, 1.165) is 0 Å². The van der Waals surface area contributed by atoms with Gasteiger partial charge in [-0.2, -0.15) is 0 Å². The summed E-state index contributed by atoms with van der Waals surface area (Å²) >= 11 is 8.68. The average molecular weight is 323 g/mol. The van der Waals surface area contributed by atoms with E-state index in [1.165, 1.54) is 10.9 Å². The minimum Gasteiger partial charge on any atom is -0.350 e. The minimum absolute atomic E-state index is 0.0845. The number of rotatable bonds is 2. The zero-order valence-electron chi connectivity index (χ0n) is 9.75. The summed E-state index contributed by atoms with van der Waals surface area (Å²) in [5, 5.41) is 2.84. The molecule has 1 amide bonds. The van der Waals surface area contributed by atoms with E-state index in [2.05, 4.69) is 26.2 Å². The van der Waals surface area contributed by atoms with Crippen molar-refractivity contribution < 1.29 is 4.79 Å². The lowest BCUT2D eigenvalue weighted by molar-refractivity contribution is -0.123. The van der Waals surface area contributed by atoms with Crippen LogP contribution in [0.4, 0.5) is 0 Å². The molecule has 0 saturated carbocycles. The molecule has 1 rings (SSSR count). The third-order valence-electron chi connectivity index (χ3n) is 1.77. The van der Waals surface area contributed by atoms with Crippen molar-refractivity contribution in [3.63, 3.8) is 0 Å². The maximum absolute atomic E-state index is 11.7. The van der Waals surface area contributed by atoms with Gasteiger partial charge >= 0.3 is 0 Å². The van der Waals surface area contributed by atoms with Crippen molar-refractivity contribution in [1.29, 1.82) is 0 Å². The van der Waals surface area contributed by atoms with E-state index in [1.807, 2.05) is 20.8 Å². The van der Waals surface area contributed by atoms with E-state index in [1.54, 1.807) is 0 Å². The van der Waals surface area contributed by atoms with Crippen molar-refractivity contribution in [2.45, 2.75) is 32.9 Å². The Labute approximate surface area is 112 Å². The number of amides is 1. The molecule has 0 aromatic carbocycles. The Morgan fingerprint density at radius 2 is 2.18 bits per heavy atom. The Balaban J connectivity index is 2.87. The van der Waals surface area contributed by atoms with Crippen LogP contribution in [-0.2, 0) is 11.3 Å². The lowest BCUT2D eigenvalue weighted by Gasteiger charge is -2.20. The highest BCUT2D eigenvalue weighted by atomic mass is 79.9. The molecule has 0 unspecified atom stereocenters. The Bertz CT molecular complexity index is 493. The summed E-state index contributed by atoms with van der Waals surface area (Å²) in [4.78, 5) is 27.1. The molecule has 0 bridgehead atoms. The van der Waals surface area contributed by atoms with Crippen LogP contribution in [0.3, 0.4) is 0 Å². The average Bonchev–Trinajstić information content (AvgIpc) is 2.16. The van der Waals surface area contributed by atoms with E-state index < -0.39 is 0 Å². The van der Waals surface area contributed by atoms with Gasteiger partial charge in [0.15, 0.2) is 5.15 Å². The molecule has 17 heavy (non-hydrogen) atoms. The van der Waals surface area contributed by atoms with Crippen LogP contribution in [-0.4, -0.2) is 21.0 Å². The van der Waals surface area contributed by atoms with Gasteiger partial charge in [-0.1, -0.05) is 11.6 Å². The van der Waals surface area contributed by atoms with Crippen molar-refractivity contribution in [2.75, 3.05) is 0 Å². The van der Waals surface area contributed by atoms with Gasteiger partial charge in [0.2, 0.25) is 5.91 Å². The Morgan fingerprint density at radius 1 is 1.59 bits per heavy atom. The van der Waals surface area contributed by atoms with E-state index in [4.69, 9.17) is 11.6 Å². The van der Waals surface area contributed by atoms with Crippen LogP contribution in [0.5, 0.6) is 0 Å². The first-order chi connectivity index (χ1) is 7.70. The fourth-order valence-corrected chi connectivity index (χ4v) is 1.62. The molecule has 1 N–H and O–H groups in total. The molecule has 94 valence electrons. The second-order valence-corrected chi connectivity index (χ2v) is 5.73. The number of aromatic nitrogens is 2. The number of hydrogen-bond donors (Lipinski definition) is 1. The highest BCUT2D eigenvalue weighted by molar-refractivity contribution is 9.10. The van der Waals surface area contributed by atoms with Crippen molar-refractivity contribution >= 4 is 33.4 Å². The molecule has 0 aliphatic heterocycles. The van der Waals surface area contributed by atoms with Crippen LogP contribution in [0, 0.1) is 0 Å². The molecule has 1 aromatic rings. The first kappa shape index (κ1) is 14.2. The third kappa shape index (κ3) is 4.12. The second kappa shape index (κ2) is 5.18. The molecule has 0 spiro atoms. The van der Waals surface area contributed by atoms with Gasteiger partial charge < -0.3 is 5.32 Å². The van der Waals surface area contributed by atoms with Crippen molar-refractivity contribution in [3.05, 3.63) is 26.3 Å². The molecular formula is C10H13BrClN3O2. The highest BCUT2D eigenvalue weighted by Gasteiger charge is 2.15. The monoisotopic (exact) mass is 321 g/mol. The van der Waals surface area contributed by atoms with Gasteiger partial charge in [-0.25, -0.2) is 4.98 Å². The molecule has 0 aliphatic rings. The third-order valence-corrected chi connectivity index (χ3v) is 3.00. The number of carbonyl (C=O) groups is 1. The Hall–Kier alpha value is -0.880. The van der Waals surface area contributed by atoms with Crippen LogP contribution in [0.1, 0.15) is 20.8 Å². The maximum Gasteiger partial charge on any atom is 0.269 e. The molecule has 1 heterocycles. The van der Waals surface area contributed by atoms with Gasteiger partial charge in [-0.15, -0.1) is 0 Å². The van der Waals surface area contributed by atoms with Gasteiger partial charge in [-0.05, 0) is 36.7 Å². The van der Waals surface area contributed by atoms with Crippen molar-refractivity contribution in [3.8, 4) is 0 Å². The van der Waals surface area contributed by atoms with Gasteiger partial charge in [0.25, 0.3) is 5.56 Å². The molecule has 0 saturated heterocycles. The molecule has 5 nitrogen and oxygen atoms in total. The fourth-order valence-electron chi connectivity index (χ4n) is 1.17. The summed E-state index contributed by atoms with van der Waals surface area (Å²) in [6.45, 7) is 5.51. The zero-order chi connectivity index (χ0) is 13.2. The highest BCUT2D eigenvalue weighted by Crippen LogP contribution is 2.13. The SMILES string of the molecule is CC(C)(C)NC(=O)Cn1cnc(Cl)c(Br)c1=O. The minimum atomic E-state index is -0.381. The Kier molecular flexibility index (Phi) is 4.32. The zero-order valence-corrected chi connectivity index (χ0v) is 12.1. The normalized spacial score (nSPS) is 11.4. The van der Waals surface area contributed by atoms with E-state index in [9.17, 15) is 9.59 Å². The van der Waals surface area contributed by atoms with Crippen molar-refractivity contribution in [2.24, 2.45) is 0 Å². The quantitative estimate of drug-likeness (QED) is 0.841. The molecule has 1 aromatic heterocycles. The van der Waals surface area contributed by atoms with Crippen LogP contribution in [0.25, 0.3) is 0 Å². The van der Waals surface area contributed by atoms with Crippen LogP contribution < -0.4 is 10.9 Å². The van der Waals surface area contributed by atoms with Crippen LogP contribution in [0.2, 0.25) is 5.15 Å². The summed E-state index contributed by atoms with van der Waals surface area (Å²) in [7, 11) is 0. The lowest BCUT2D eigenvalue weighted by atomic mass is 10.1. The predicted molar refractivity (Wildman–Crippen MR) is 69.1 cm³/mol. The van der Waals surface area contributed by atoms with Crippen molar-refractivity contribution in [1.82, 2.24) is 14.9 Å². The summed E-state index contributed by atoms with van der Waals surface area (Å²) in [6, 6.07) is 0. The van der Waals surface area contributed by atoms with E-state index >= 15 is 0 Å². The van der Waals surface area contributed by atoms with Gasteiger partial charge in [-0.3, -0.25) is 14.2 Å². The second-order valence-electron chi connectivity index (χ2n) is 4.58. The first-order valence-electron chi connectivity index (χ1n) is 4.92. The molecule has 0 aliphatic carbocycles. The van der Waals surface area contributed by atoms with Crippen LogP contribution >= 0.6 is 27.5 Å². The van der Waals surface area contributed by atoms with Crippen LogP contribution in [0.15, 0.2) is 15.6 Å². The fraction of sp³-hybridized carbons (Fsp3) is 0.500. The smallest absolute Gasteiger partial charge is 0.269 e. The van der Waals surface area contributed by atoms with Gasteiger partial charge in [0, 0.05) is 5.54 Å². The predicted octanol–water partition coefficient (Wildman–Crippen LogP) is 1.57. The number of nitrogens with one attached hydrogen (secondary N) is 1. The standard InChI is InChI=1S/C10H13BrClN3O2/c1-10(2,3)14-6(16)4-15-5-13-8(12)7(11)9(15)17/h5H,4H2,1-3H3,(H,14,16). The summed E-state index contributed by atoms with van der Waals surface area (Å²) in [5.74, 6) is -0.254. The topological polar surface area (TPSA) is 64.0 Å². The van der Waals surface area contributed by atoms with Gasteiger partial charge in [0.05, 0.1) is 6.33 Å². The maximum atomic E-state index is 11.7. The number of halogens is 2. The molecule has 7 heteroatoms. The summed E-state index contributed by atoms with van der Waals surface area (Å²) in [6.07, 6.45) is 1.25. The molecule has 0 radical (unpaired) electrons. The van der Waals surface area contributed by atoms with E-state index in [-0.39, 0.29) is 33.2 Å². The molecule has 0 atom stereocenters. The van der Waals surface area contributed by atoms with E-state index in [0.29, 0.717) is 0 Å². The number of carbonyl (C=O) groups excluding carboxylic acids is 1. The molecule has 0 fully saturated rings.